The van der Waals surface area contributed by atoms with Crippen LogP contribution in [0.25, 0.3) is 0 Å². The summed E-state index contributed by atoms with van der Waals surface area (Å²) in [6.45, 7) is 12.8. The molecule has 0 aliphatic heterocycles. The van der Waals surface area contributed by atoms with Crippen molar-refractivity contribution in [1.29, 1.82) is 5.26 Å². The summed E-state index contributed by atoms with van der Waals surface area (Å²) < 4.78 is 15.0. The van der Waals surface area contributed by atoms with E-state index in [2.05, 4.69) is 38.1 Å². The van der Waals surface area contributed by atoms with Crippen LogP contribution in [0.15, 0.2) is 48.6 Å². The molecule has 0 saturated heterocycles. The van der Waals surface area contributed by atoms with E-state index in [9.17, 15) is 5.26 Å². The van der Waals surface area contributed by atoms with E-state index in [0.717, 1.165) is 28.9 Å². The van der Waals surface area contributed by atoms with Gasteiger partial charge in [-0.25, -0.2) is 0 Å². The van der Waals surface area contributed by atoms with Crippen molar-refractivity contribution in [2.24, 2.45) is 0 Å². The Balaban J connectivity index is 2.18. The summed E-state index contributed by atoms with van der Waals surface area (Å²) >= 11 is 13.8. The van der Waals surface area contributed by atoms with Crippen LogP contribution in [0.5, 0.6) is 11.5 Å². The number of halogens is 2. The maximum Gasteiger partial charge on any atom is 0.155 e. The molecule has 4 nitrogen and oxygen atoms in total. The molecule has 7 heteroatoms. The summed E-state index contributed by atoms with van der Waals surface area (Å²) in [7, 11) is 0. The molecule has 2 atom stereocenters. The van der Waals surface area contributed by atoms with Crippen LogP contribution in [-0.2, 0) is 5.41 Å². The van der Waals surface area contributed by atoms with E-state index >= 15 is 0 Å². The molecule has 0 saturated carbocycles. The molecule has 2 rings (SSSR count). The molecule has 0 amide bonds. The van der Waals surface area contributed by atoms with E-state index in [0.29, 0.717) is 28.3 Å². The lowest BCUT2D eigenvalue weighted by Gasteiger charge is -2.27. The molecule has 0 aromatic heterocycles. The number of benzene rings is 2. The Morgan fingerprint density at radius 1 is 1.21 bits per heavy atom. The Kier molecular flexibility index (Phi) is 10.4. The Morgan fingerprint density at radius 2 is 1.88 bits per heavy atom. The van der Waals surface area contributed by atoms with Crippen molar-refractivity contribution in [3.63, 3.8) is 0 Å². The summed E-state index contributed by atoms with van der Waals surface area (Å²) in [6, 6.07) is 14.2. The average Bonchev–Trinajstić information content (AvgIpc) is 2.78. The van der Waals surface area contributed by atoms with Gasteiger partial charge < -0.3 is 9.47 Å². The minimum Gasteiger partial charge on any atom is -0.489 e. The van der Waals surface area contributed by atoms with Gasteiger partial charge in [0.15, 0.2) is 5.75 Å². The fourth-order valence-electron chi connectivity index (χ4n) is 3.53. The SMILES string of the molecule is C=C(CC(C)NSC)C(C)Oc1ccc(C(C)(C)c2cc(Cl)c(OCCCl)c(C#N)c2)cc1. The van der Waals surface area contributed by atoms with Crippen molar-refractivity contribution >= 4 is 35.1 Å². The molecule has 0 aliphatic carbocycles. The lowest BCUT2D eigenvalue weighted by Crippen LogP contribution is -2.24. The van der Waals surface area contributed by atoms with Gasteiger partial charge in [-0.05, 0) is 67.5 Å². The molecule has 0 fully saturated rings. The average molecular weight is 508 g/mol. The van der Waals surface area contributed by atoms with Gasteiger partial charge >= 0.3 is 0 Å². The summed E-state index contributed by atoms with van der Waals surface area (Å²) in [5.41, 5.74) is 3.06. The molecule has 0 heterocycles. The number of ether oxygens (including phenoxy) is 2. The summed E-state index contributed by atoms with van der Waals surface area (Å²) in [4.78, 5) is 0. The van der Waals surface area contributed by atoms with Crippen molar-refractivity contribution in [3.8, 4) is 17.6 Å². The van der Waals surface area contributed by atoms with E-state index < -0.39 is 0 Å². The Morgan fingerprint density at radius 3 is 2.45 bits per heavy atom. The lowest BCUT2D eigenvalue weighted by molar-refractivity contribution is 0.251. The van der Waals surface area contributed by atoms with Gasteiger partial charge in [-0.15, -0.1) is 11.6 Å². The maximum absolute atomic E-state index is 9.60. The van der Waals surface area contributed by atoms with Gasteiger partial charge in [0, 0.05) is 11.5 Å². The smallest absolute Gasteiger partial charge is 0.155 e. The highest BCUT2D eigenvalue weighted by Gasteiger charge is 2.26. The van der Waals surface area contributed by atoms with E-state index in [1.807, 2.05) is 49.6 Å². The minimum absolute atomic E-state index is 0.0903. The van der Waals surface area contributed by atoms with Crippen LogP contribution in [0.2, 0.25) is 5.02 Å². The number of hydrogen-bond donors (Lipinski definition) is 1. The normalized spacial score (nSPS) is 13.2. The van der Waals surface area contributed by atoms with Gasteiger partial charge in [0.1, 0.15) is 24.5 Å². The quantitative estimate of drug-likeness (QED) is 0.188. The van der Waals surface area contributed by atoms with E-state index in [-0.39, 0.29) is 18.1 Å². The monoisotopic (exact) mass is 506 g/mol. The predicted octanol–water partition coefficient (Wildman–Crippen LogP) is 7.12. The Bertz CT molecular complexity index is 987. The summed E-state index contributed by atoms with van der Waals surface area (Å²) in [6.07, 6.45) is 2.77. The second kappa shape index (κ2) is 12.6. The molecule has 1 N–H and O–H groups in total. The second-order valence-electron chi connectivity index (χ2n) is 8.48. The van der Waals surface area contributed by atoms with Gasteiger partial charge in [-0.2, -0.15) is 5.26 Å². The number of rotatable bonds is 12. The number of nitrogens with one attached hydrogen (secondary N) is 1. The van der Waals surface area contributed by atoms with Crippen LogP contribution in [0.4, 0.5) is 0 Å². The molecule has 33 heavy (non-hydrogen) atoms. The molecule has 0 bridgehead atoms. The van der Waals surface area contributed by atoms with Gasteiger partial charge in [-0.3, -0.25) is 4.72 Å². The van der Waals surface area contributed by atoms with Gasteiger partial charge in [-0.1, -0.05) is 56.1 Å². The van der Waals surface area contributed by atoms with Crippen LogP contribution in [0.1, 0.15) is 50.8 Å². The Labute approximate surface area is 212 Å². The van der Waals surface area contributed by atoms with E-state index in [1.165, 1.54) is 0 Å². The van der Waals surface area contributed by atoms with Crippen LogP contribution >= 0.6 is 35.1 Å². The second-order valence-corrected chi connectivity index (χ2v) is 9.91. The zero-order chi connectivity index (χ0) is 24.6. The number of hydrogen-bond acceptors (Lipinski definition) is 5. The van der Waals surface area contributed by atoms with E-state index in [4.69, 9.17) is 32.7 Å². The van der Waals surface area contributed by atoms with Crippen molar-refractivity contribution in [3.05, 3.63) is 70.3 Å². The molecule has 2 aromatic rings. The molecular weight excluding hydrogens is 475 g/mol. The molecule has 2 unspecified atom stereocenters. The fourth-order valence-corrected chi connectivity index (χ4v) is 4.37. The minimum atomic E-state index is -0.382. The molecule has 178 valence electrons. The van der Waals surface area contributed by atoms with Gasteiger partial charge in [0.2, 0.25) is 0 Å². The first-order chi connectivity index (χ1) is 15.6. The maximum atomic E-state index is 9.60. The predicted molar refractivity (Wildman–Crippen MR) is 141 cm³/mol. The van der Waals surface area contributed by atoms with E-state index in [1.54, 1.807) is 11.9 Å². The highest BCUT2D eigenvalue weighted by molar-refractivity contribution is 7.96. The van der Waals surface area contributed by atoms with Gasteiger partial charge in [0.25, 0.3) is 0 Å². The lowest BCUT2D eigenvalue weighted by atomic mass is 9.77. The highest BCUT2D eigenvalue weighted by atomic mass is 35.5. The third kappa shape index (κ3) is 7.32. The largest absolute Gasteiger partial charge is 0.489 e. The van der Waals surface area contributed by atoms with Crippen LogP contribution in [0.3, 0.4) is 0 Å². The first kappa shape index (κ1) is 27.4. The zero-order valence-corrected chi connectivity index (χ0v) is 22.2. The summed E-state index contributed by atoms with van der Waals surface area (Å²) in [5.74, 6) is 1.48. The highest BCUT2D eigenvalue weighted by Crippen LogP contribution is 2.38. The number of nitrogens with zero attached hydrogens (tertiary/aromatic N) is 1. The number of alkyl halides is 1. The third-order valence-corrected chi connectivity index (χ3v) is 6.63. The van der Waals surface area contributed by atoms with Crippen molar-refractivity contribution < 1.29 is 9.47 Å². The topological polar surface area (TPSA) is 54.3 Å². The molecule has 0 radical (unpaired) electrons. The summed E-state index contributed by atoms with van der Waals surface area (Å²) in [5, 5.41) is 10.0. The first-order valence-corrected chi connectivity index (χ1v) is 12.9. The molecule has 0 aliphatic rings. The standard InChI is InChI=1S/C26H32Cl2N2O2S/c1-17(13-18(2)30-33-6)19(3)32-23-9-7-21(8-10-23)26(4,5)22-14-20(16-29)25(24(28)15-22)31-12-11-27/h7-10,14-15,18-19,30H,1,11-13H2,2-6H3. The van der Waals surface area contributed by atoms with Crippen molar-refractivity contribution in [2.75, 3.05) is 18.7 Å². The van der Waals surface area contributed by atoms with Crippen LogP contribution < -0.4 is 14.2 Å². The fraction of sp³-hybridized carbons (Fsp3) is 0.423. The molecule has 0 spiro atoms. The third-order valence-electron chi connectivity index (χ3n) is 5.56. The number of nitriles is 1. The van der Waals surface area contributed by atoms with Crippen LogP contribution in [-0.4, -0.2) is 30.9 Å². The van der Waals surface area contributed by atoms with Crippen molar-refractivity contribution in [1.82, 2.24) is 4.72 Å². The van der Waals surface area contributed by atoms with Crippen molar-refractivity contribution in [2.45, 2.75) is 51.7 Å². The first-order valence-electron chi connectivity index (χ1n) is 10.8. The van der Waals surface area contributed by atoms with Crippen LogP contribution in [0, 0.1) is 11.3 Å². The molecular formula is C26H32Cl2N2O2S. The molecule has 2 aromatic carbocycles. The Hall–Kier alpha value is -1.84. The zero-order valence-electron chi connectivity index (χ0n) is 19.9. The van der Waals surface area contributed by atoms with Gasteiger partial charge in [0.05, 0.1) is 16.5 Å².